The largest absolute Gasteiger partial charge is 0.394 e. The maximum atomic E-state index is 11.5. The molecular weight excluding hydrogens is 186 g/mol. The maximum Gasteiger partial charge on any atom is 0.223 e. The lowest BCUT2D eigenvalue weighted by molar-refractivity contribution is -0.135. The predicted molar refractivity (Wildman–Crippen MR) is 54.9 cm³/mol. The number of nitrogens with zero attached hydrogens (tertiary/aromatic N) is 1. The van der Waals surface area contributed by atoms with Crippen LogP contribution >= 0.6 is 12.6 Å². The number of likely N-dealkylation sites (tertiary alicyclic amines) is 1. The molecule has 76 valence electrons. The van der Waals surface area contributed by atoms with Crippen LogP contribution in [0.15, 0.2) is 0 Å². The van der Waals surface area contributed by atoms with E-state index in [4.69, 9.17) is 5.11 Å². The van der Waals surface area contributed by atoms with Crippen molar-refractivity contribution in [2.75, 3.05) is 18.9 Å². The van der Waals surface area contributed by atoms with E-state index >= 15 is 0 Å². The van der Waals surface area contributed by atoms with Gasteiger partial charge < -0.3 is 10.0 Å². The number of thiol groups is 1. The summed E-state index contributed by atoms with van der Waals surface area (Å²) in [4.78, 5) is 13.3. The van der Waals surface area contributed by atoms with E-state index in [9.17, 15) is 4.79 Å². The quantitative estimate of drug-likeness (QED) is 0.662. The van der Waals surface area contributed by atoms with Crippen molar-refractivity contribution >= 4 is 18.5 Å². The first-order valence-corrected chi connectivity index (χ1v) is 5.44. The Morgan fingerprint density at radius 2 is 2.31 bits per heavy atom. The monoisotopic (exact) mass is 203 g/mol. The summed E-state index contributed by atoms with van der Waals surface area (Å²) in [5.74, 6) is 0.724. The molecule has 1 unspecified atom stereocenters. The molecule has 1 saturated heterocycles. The molecule has 1 amide bonds. The first kappa shape index (κ1) is 10.9. The van der Waals surface area contributed by atoms with Crippen LogP contribution < -0.4 is 0 Å². The first-order chi connectivity index (χ1) is 6.29. The van der Waals surface area contributed by atoms with Gasteiger partial charge in [0.2, 0.25) is 5.91 Å². The van der Waals surface area contributed by atoms with Gasteiger partial charge in [-0.3, -0.25) is 4.79 Å². The molecule has 0 saturated carbocycles. The molecule has 1 fully saturated rings. The number of hydrogen-bond acceptors (Lipinski definition) is 3. The van der Waals surface area contributed by atoms with Gasteiger partial charge in [0.1, 0.15) is 0 Å². The number of carbonyl (C=O) groups is 1. The van der Waals surface area contributed by atoms with E-state index in [1.54, 1.807) is 4.90 Å². The minimum atomic E-state index is 0.0566. The third kappa shape index (κ3) is 2.88. The van der Waals surface area contributed by atoms with Gasteiger partial charge in [-0.15, -0.1) is 0 Å². The number of carbonyl (C=O) groups excluding carboxylic acids is 1. The molecule has 1 aliphatic heterocycles. The number of aliphatic hydroxyl groups is 1. The van der Waals surface area contributed by atoms with Crippen molar-refractivity contribution in [3.63, 3.8) is 0 Å². The van der Waals surface area contributed by atoms with Gasteiger partial charge in [0.25, 0.3) is 0 Å². The van der Waals surface area contributed by atoms with Gasteiger partial charge in [-0.2, -0.15) is 12.6 Å². The second-order valence-electron chi connectivity index (χ2n) is 3.39. The van der Waals surface area contributed by atoms with E-state index in [-0.39, 0.29) is 18.6 Å². The Hall–Kier alpha value is -0.220. The van der Waals surface area contributed by atoms with E-state index in [0.29, 0.717) is 12.2 Å². The van der Waals surface area contributed by atoms with Crippen LogP contribution in [-0.2, 0) is 4.79 Å². The summed E-state index contributed by atoms with van der Waals surface area (Å²) >= 11 is 4.03. The molecule has 3 nitrogen and oxygen atoms in total. The molecule has 13 heavy (non-hydrogen) atoms. The van der Waals surface area contributed by atoms with E-state index in [1.165, 1.54) is 0 Å². The topological polar surface area (TPSA) is 40.5 Å². The molecule has 0 aromatic heterocycles. The maximum absolute atomic E-state index is 11.5. The first-order valence-electron chi connectivity index (χ1n) is 4.80. The SMILES string of the molecule is O=C(CCS)N1CCCCC1CO. The number of rotatable bonds is 3. The fourth-order valence-corrected chi connectivity index (χ4v) is 1.95. The third-order valence-electron chi connectivity index (χ3n) is 2.48. The van der Waals surface area contributed by atoms with Crippen LogP contribution in [0.25, 0.3) is 0 Å². The lowest BCUT2D eigenvalue weighted by Crippen LogP contribution is -2.45. The van der Waals surface area contributed by atoms with E-state index in [0.717, 1.165) is 25.8 Å². The van der Waals surface area contributed by atoms with Gasteiger partial charge in [0.15, 0.2) is 0 Å². The zero-order valence-corrected chi connectivity index (χ0v) is 8.67. The van der Waals surface area contributed by atoms with Gasteiger partial charge in [-0.1, -0.05) is 0 Å². The predicted octanol–water partition coefficient (Wildman–Crippen LogP) is 0.680. The highest BCUT2D eigenvalue weighted by Gasteiger charge is 2.24. The highest BCUT2D eigenvalue weighted by Crippen LogP contribution is 2.17. The summed E-state index contributed by atoms with van der Waals surface area (Å²) in [5, 5.41) is 9.07. The second kappa shape index (κ2) is 5.50. The van der Waals surface area contributed by atoms with Crippen LogP contribution in [0.1, 0.15) is 25.7 Å². The normalized spacial score (nSPS) is 23.2. The number of aliphatic hydroxyl groups excluding tert-OH is 1. The molecule has 1 atom stereocenters. The zero-order valence-electron chi connectivity index (χ0n) is 7.78. The molecular formula is C9H17NO2S. The van der Waals surface area contributed by atoms with Crippen LogP contribution in [0.4, 0.5) is 0 Å². The Kier molecular flexibility index (Phi) is 4.59. The van der Waals surface area contributed by atoms with Crippen molar-refractivity contribution in [2.45, 2.75) is 31.7 Å². The Bertz CT molecular complexity index is 175. The van der Waals surface area contributed by atoms with Crippen molar-refractivity contribution in [1.29, 1.82) is 0 Å². The summed E-state index contributed by atoms with van der Waals surface area (Å²) < 4.78 is 0. The minimum absolute atomic E-state index is 0.0566. The Balaban J connectivity index is 2.48. The lowest BCUT2D eigenvalue weighted by atomic mass is 10.0. The smallest absolute Gasteiger partial charge is 0.223 e. The summed E-state index contributed by atoms with van der Waals surface area (Å²) in [6.45, 7) is 0.899. The number of piperidine rings is 1. The summed E-state index contributed by atoms with van der Waals surface area (Å²) in [6, 6.07) is 0.0566. The third-order valence-corrected chi connectivity index (χ3v) is 2.71. The minimum Gasteiger partial charge on any atom is -0.394 e. The molecule has 4 heteroatoms. The summed E-state index contributed by atoms with van der Waals surface area (Å²) in [7, 11) is 0. The van der Waals surface area contributed by atoms with Gasteiger partial charge in [0, 0.05) is 13.0 Å². The lowest BCUT2D eigenvalue weighted by Gasteiger charge is -2.34. The molecule has 1 aliphatic rings. The van der Waals surface area contributed by atoms with Crippen LogP contribution in [0.2, 0.25) is 0 Å². The molecule has 0 radical (unpaired) electrons. The molecule has 1 N–H and O–H groups in total. The standard InChI is InChI=1S/C9H17NO2S/c11-7-8-3-1-2-5-10(8)9(12)4-6-13/h8,11,13H,1-7H2. The fourth-order valence-electron chi connectivity index (χ4n) is 1.76. The molecule has 1 heterocycles. The average Bonchev–Trinajstić information content (AvgIpc) is 2.18. The summed E-state index contributed by atoms with van der Waals surface area (Å²) in [6.07, 6.45) is 3.61. The Morgan fingerprint density at radius 3 is 2.92 bits per heavy atom. The highest BCUT2D eigenvalue weighted by atomic mass is 32.1. The van der Waals surface area contributed by atoms with Crippen molar-refractivity contribution in [2.24, 2.45) is 0 Å². The summed E-state index contributed by atoms with van der Waals surface area (Å²) in [5.41, 5.74) is 0. The van der Waals surface area contributed by atoms with Crippen LogP contribution in [0.5, 0.6) is 0 Å². The van der Waals surface area contributed by atoms with Crippen molar-refractivity contribution in [1.82, 2.24) is 4.90 Å². The second-order valence-corrected chi connectivity index (χ2v) is 3.84. The van der Waals surface area contributed by atoms with Crippen molar-refractivity contribution < 1.29 is 9.90 Å². The molecule has 0 aromatic rings. The van der Waals surface area contributed by atoms with Gasteiger partial charge in [0.05, 0.1) is 12.6 Å². The highest BCUT2D eigenvalue weighted by molar-refractivity contribution is 7.80. The zero-order chi connectivity index (χ0) is 9.68. The molecule has 0 bridgehead atoms. The molecule has 0 aromatic carbocycles. The van der Waals surface area contributed by atoms with Gasteiger partial charge in [-0.25, -0.2) is 0 Å². The van der Waals surface area contributed by atoms with Crippen LogP contribution in [0, 0.1) is 0 Å². The van der Waals surface area contributed by atoms with Crippen molar-refractivity contribution in [3.05, 3.63) is 0 Å². The molecule has 0 spiro atoms. The van der Waals surface area contributed by atoms with Crippen LogP contribution in [0.3, 0.4) is 0 Å². The Labute approximate surface area is 84.5 Å². The van der Waals surface area contributed by atoms with Crippen molar-refractivity contribution in [3.8, 4) is 0 Å². The van der Waals surface area contributed by atoms with E-state index in [1.807, 2.05) is 0 Å². The molecule has 0 aliphatic carbocycles. The van der Waals surface area contributed by atoms with Gasteiger partial charge in [-0.05, 0) is 25.0 Å². The number of amides is 1. The fraction of sp³-hybridized carbons (Fsp3) is 0.889. The van der Waals surface area contributed by atoms with Gasteiger partial charge >= 0.3 is 0 Å². The Morgan fingerprint density at radius 1 is 1.54 bits per heavy atom. The average molecular weight is 203 g/mol. The molecule has 1 rings (SSSR count). The van der Waals surface area contributed by atoms with E-state index < -0.39 is 0 Å². The van der Waals surface area contributed by atoms with Crippen LogP contribution in [-0.4, -0.2) is 40.9 Å². The van der Waals surface area contributed by atoms with E-state index in [2.05, 4.69) is 12.6 Å². The number of hydrogen-bond donors (Lipinski definition) is 2.